The number of aromatic nitrogens is 7. The molecule has 1 aliphatic rings. The van der Waals surface area contributed by atoms with E-state index in [1.807, 2.05) is 24.3 Å². The first-order chi connectivity index (χ1) is 17.1. The van der Waals surface area contributed by atoms with Crippen molar-refractivity contribution in [3.05, 3.63) is 53.7 Å². The number of hydrogen-bond donors (Lipinski definition) is 2. The van der Waals surface area contributed by atoms with Gasteiger partial charge in [-0.2, -0.15) is 10.2 Å². The standard InChI is InChI=1S/C24H24ClN9O/c1-33-7-5-17(6-8-33)35-24-19-14(3-2-4-18(19)25)9-16(31-24)12-34-23-20(22(26)27-13-28-23)21(32-34)15-10-29-30-11-15/h2-4,9-11,13,17H,5-8,12H2,1H3,(H,29,30)(H2,26,27,28). The summed E-state index contributed by atoms with van der Waals surface area (Å²) in [5.74, 6) is 0.917. The van der Waals surface area contributed by atoms with Crippen molar-refractivity contribution in [1.82, 2.24) is 39.8 Å². The zero-order valence-electron chi connectivity index (χ0n) is 19.1. The fourth-order valence-electron chi connectivity index (χ4n) is 4.59. The number of fused-ring (bicyclic) bond motifs is 2. The quantitative estimate of drug-likeness (QED) is 0.384. The number of likely N-dealkylation sites (tertiary alicyclic amines) is 1. The third kappa shape index (κ3) is 4.04. The summed E-state index contributed by atoms with van der Waals surface area (Å²) in [4.78, 5) is 15.8. The highest BCUT2D eigenvalue weighted by Crippen LogP contribution is 2.34. The lowest BCUT2D eigenvalue weighted by molar-refractivity contribution is 0.111. The van der Waals surface area contributed by atoms with Crippen LogP contribution in [0.2, 0.25) is 5.02 Å². The minimum Gasteiger partial charge on any atom is -0.474 e. The fourth-order valence-corrected chi connectivity index (χ4v) is 4.85. The molecule has 178 valence electrons. The maximum atomic E-state index is 6.59. The molecule has 0 atom stereocenters. The Morgan fingerprint density at radius 3 is 2.86 bits per heavy atom. The van der Waals surface area contributed by atoms with Crippen molar-refractivity contribution in [1.29, 1.82) is 0 Å². The summed E-state index contributed by atoms with van der Waals surface area (Å²) in [6.07, 6.45) is 6.89. The Bertz CT molecular complexity index is 1510. The van der Waals surface area contributed by atoms with Gasteiger partial charge >= 0.3 is 0 Å². The van der Waals surface area contributed by atoms with E-state index in [4.69, 9.17) is 32.2 Å². The van der Waals surface area contributed by atoms with E-state index >= 15 is 0 Å². The molecule has 0 unspecified atom stereocenters. The Hall–Kier alpha value is -3.76. The molecule has 0 bridgehead atoms. The molecule has 0 spiro atoms. The van der Waals surface area contributed by atoms with Crippen molar-refractivity contribution in [2.75, 3.05) is 25.9 Å². The number of pyridine rings is 1. The van der Waals surface area contributed by atoms with Crippen molar-refractivity contribution in [2.45, 2.75) is 25.5 Å². The normalized spacial score (nSPS) is 15.3. The van der Waals surface area contributed by atoms with Gasteiger partial charge in [-0.1, -0.05) is 23.7 Å². The van der Waals surface area contributed by atoms with Crippen LogP contribution in [0.15, 0.2) is 43.0 Å². The Morgan fingerprint density at radius 1 is 1.20 bits per heavy atom. The second-order valence-electron chi connectivity index (χ2n) is 8.83. The van der Waals surface area contributed by atoms with Gasteiger partial charge in [0, 0.05) is 24.8 Å². The molecule has 11 heteroatoms. The molecule has 5 aromatic rings. The number of nitrogens with one attached hydrogen (secondary N) is 1. The summed E-state index contributed by atoms with van der Waals surface area (Å²) in [7, 11) is 2.13. The van der Waals surface area contributed by atoms with Gasteiger partial charge in [0.05, 0.1) is 34.2 Å². The predicted molar refractivity (Wildman–Crippen MR) is 134 cm³/mol. The van der Waals surface area contributed by atoms with Crippen LogP contribution in [0.3, 0.4) is 0 Å². The molecule has 6 rings (SSSR count). The molecule has 1 aliphatic heterocycles. The molecule has 1 saturated heterocycles. The number of aromatic amines is 1. The number of piperidine rings is 1. The summed E-state index contributed by atoms with van der Waals surface area (Å²) in [5, 5.41) is 14.8. The average Bonchev–Trinajstić information content (AvgIpc) is 3.50. The van der Waals surface area contributed by atoms with Gasteiger partial charge in [-0.25, -0.2) is 19.6 Å². The second-order valence-corrected chi connectivity index (χ2v) is 9.24. The number of nitrogen functional groups attached to an aromatic ring is 1. The highest BCUT2D eigenvalue weighted by Gasteiger charge is 2.22. The lowest BCUT2D eigenvalue weighted by atomic mass is 10.1. The number of H-pyrrole nitrogens is 1. The number of nitrogens with zero attached hydrogens (tertiary/aromatic N) is 7. The summed E-state index contributed by atoms with van der Waals surface area (Å²) in [5.41, 5.74) is 9.09. The van der Waals surface area contributed by atoms with E-state index in [0.29, 0.717) is 40.0 Å². The maximum Gasteiger partial charge on any atom is 0.223 e. The topological polar surface area (TPSA) is 124 Å². The van der Waals surface area contributed by atoms with Crippen LogP contribution in [0.4, 0.5) is 5.82 Å². The molecular formula is C24H24ClN9O. The highest BCUT2D eigenvalue weighted by molar-refractivity contribution is 6.36. The number of nitrogens with two attached hydrogens (primary N) is 1. The van der Waals surface area contributed by atoms with Crippen LogP contribution >= 0.6 is 11.6 Å². The molecule has 0 radical (unpaired) electrons. The van der Waals surface area contributed by atoms with Gasteiger partial charge in [0.15, 0.2) is 5.65 Å². The van der Waals surface area contributed by atoms with Gasteiger partial charge in [0.2, 0.25) is 5.88 Å². The van der Waals surface area contributed by atoms with Crippen LogP contribution in [0, 0.1) is 0 Å². The van der Waals surface area contributed by atoms with E-state index in [1.165, 1.54) is 6.33 Å². The van der Waals surface area contributed by atoms with Crippen LogP contribution in [0.5, 0.6) is 5.88 Å². The smallest absolute Gasteiger partial charge is 0.223 e. The van der Waals surface area contributed by atoms with E-state index in [9.17, 15) is 0 Å². The number of ether oxygens (including phenoxy) is 1. The first kappa shape index (κ1) is 21.8. The van der Waals surface area contributed by atoms with E-state index in [-0.39, 0.29) is 6.10 Å². The molecular weight excluding hydrogens is 466 g/mol. The van der Waals surface area contributed by atoms with Crippen molar-refractivity contribution in [2.24, 2.45) is 0 Å². The molecule has 3 N–H and O–H groups in total. The zero-order chi connectivity index (χ0) is 23.9. The Labute approximate surface area is 206 Å². The molecule has 1 fully saturated rings. The van der Waals surface area contributed by atoms with Crippen LogP contribution in [-0.2, 0) is 6.54 Å². The number of halogens is 1. The first-order valence-corrected chi connectivity index (χ1v) is 11.8. The van der Waals surface area contributed by atoms with Crippen LogP contribution in [0.1, 0.15) is 18.5 Å². The molecule has 5 heterocycles. The first-order valence-electron chi connectivity index (χ1n) is 11.5. The lowest BCUT2D eigenvalue weighted by Gasteiger charge is -2.29. The largest absolute Gasteiger partial charge is 0.474 e. The van der Waals surface area contributed by atoms with Gasteiger partial charge in [-0.05, 0) is 37.4 Å². The molecule has 0 amide bonds. The maximum absolute atomic E-state index is 6.59. The Morgan fingerprint density at radius 2 is 2.06 bits per heavy atom. The predicted octanol–water partition coefficient (Wildman–Crippen LogP) is 3.52. The minimum absolute atomic E-state index is 0.0965. The molecule has 0 aliphatic carbocycles. The lowest BCUT2D eigenvalue weighted by Crippen LogP contribution is -2.35. The summed E-state index contributed by atoms with van der Waals surface area (Å²) in [6.45, 7) is 2.36. The van der Waals surface area contributed by atoms with Crippen molar-refractivity contribution in [3.8, 4) is 17.1 Å². The third-order valence-electron chi connectivity index (χ3n) is 6.41. The molecule has 0 saturated carbocycles. The van der Waals surface area contributed by atoms with E-state index in [0.717, 1.165) is 48.0 Å². The SMILES string of the molecule is CN1CCC(Oc2nc(Cn3nc(-c4cn[nH]c4)c4c(N)ncnc43)cc3cccc(Cl)c23)CC1. The molecule has 4 aromatic heterocycles. The molecule has 1 aromatic carbocycles. The van der Waals surface area contributed by atoms with E-state index in [1.54, 1.807) is 17.1 Å². The van der Waals surface area contributed by atoms with E-state index in [2.05, 4.69) is 32.1 Å². The zero-order valence-corrected chi connectivity index (χ0v) is 19.9. The van der Waals surface area contributed by atoms with Crippen LogP contribution in [0.25, 0.3) is 33.1 Å². The number of benzene rings is 1. The summed E-state index contributed by atoms with van der Waals surface area (Å²) in [6, 6.07) is 7.83. The van der Waals surface area contributed by atoms with Crippen molar-refractivity contribution < 1.29 is 4.74 Å². The van der Waals surface area contributed by atoms with Crippen molar-refractivity contribution >= 4 is 39.2 Å². The molecule has 35 heavy (non-hydrogen) atoms. The van der Waals surface area contributed by atoms with Gasteiger partial charge in [0.25, 0.3) is 0 Å². The van der Waals surface area contributed by atoms with Crippen LogP contribution in [-0.4, -0.2) is 66.1 Å². The Kier molecular flexibility index (Phi) is 5.46. The number of anilines is 1. The van der Waals surface area contributed by atoms with Gasteiger partial charge in [0.1, 0.15) is 23.9 Å². The van der Waals surface area contributed by atoms with E-state index < -0.39 is 0 Å². The highest BCUT2D eigenvalue weighted by atomic mass is 35.5. The van der Waals surface area contributed by atoms with Crippen LogP contribution < -0.4 is 10.5 Å². The Balaban J connectivity index is 1.43. The second kappa shape index (κ2) is 8.79. The summed E-state index contributed by atoms with van der Waals surface area (Å²) >= 11 is 6.59. The average molecular weight is 490 g/mol. The fraction of sp³-hybridized carbons (Fsp3) is 0.292. The van der Waals surface area contributed by atoms with Gasteiger partial charge < -0.3 is 15.4 Å². The van der Waals surface area contributed by atoms with Gasteiger partial charge in [-0.3, -0.25) is 5.10 Å². The van der Waals surface area contributed by atoms with Gasteiger partial charge in [-0.15, -0.1) is 0 Å². The monoisotopic (exact) mass is 489 g/mol. The minimum atomic E-state index is 0.0965. The molecule has 10 nitrogen and oxygen atoms in total. The van der Waals surface area contributed by atoms with Crippen molar-refractivity contribution in [3.63, 3.8) is 0 Å². The third-order valence-corrected chi connectivity index (χ3v) is 6.73. The number of rotatable bonds is 5. The number of hydrogen-bond acceptors (Lipinski definition) is 8. The summed E-state index contributed by atoms with van der Waals surface area (Å²) < 4.78 is 8.22.